The molecule has 2 saturated heterocycles. The zero-order valence-electron chi connectivity index (χ0n) is 14.7. The lowest BCUT2D eigenvalue weighted by molar-refractivity contribution is -0.136. The summed E-state index contributed by atoms with van der Waals surface area (Å²) in [6, 6.07) is -1.11. The van der Waals surface area contributed by atoms with Crippen molar-refractivity contribution in [3.8, 4) is 0 Å². The van der Waals surface area contributed by atoms with Gasteiger partial charge in [-0.25, -0.2) is 4.79 Å². The maximum atomic E-state index is 12.5. The van der Waals surface area contributed by atoms with Gasteiger partial charge in [0.2, 0.25) is 5.91 Å². The van der Waals surface area contributed by atoms with Gasteiger partial charge in [-0.2, -0.15) is 5.10 Å². The van der Waals surface area contributed by atoms with Crippen LogP contribution < -0.4 is 5.32 Å². The first-order valence-electron chi connectivity index (χ1n) is 8.90. The molecule has 2 fully saturated rings. The number of urea groups is 1. The van der Waals surface area contributed by atoms with E-state index in [1.165, 1.54) is 4.90 Å². The Bertz CT molecular complexity index is 663. The maximum absolute atomic E-state index is 12.5. The molecule has 1 aromatic heterocycles. The van der Waals surface area contributed by atoms with Gasteiger partial charge in [-0.3, -0.25) is 19.6 Å². The number of amides is 4. The summed E-state index contributed by atoms with van der Waals surface area (Å²) in [5.41, 5.74) is 2.31. The van der Waals surface area contributed by atoms with Gasteiger partial charge < -0.3 is 10.2 Å². The molecule has 2 aliphatic rings. The van der Waals surface area contributed by atoms with Crippen LogP contribution in [0.3, 0.4) is 0 Å². The number of carbonyl (C=O) groups is 3. The lowest BCUT2D eigenvalue weighted by Crippen LogP contribution is -2.42. The van der Waals surface area contributed by atoms with E-state index in [0.717, 1.165) is 24.1 Å². The number of hydrogen-bond acceptors (Lipinski definition) is 4. The highest BCUT2D eigenvalue weighted by Crippen LogP contribution is 2.28. The van der Waals surface area contributed by atoms with Gasteiger partial charge in [0.1, 0.15) is 6.04 Å². The van der Waals surface area contributed by atoms with Crippen molar-refractivity contribution >= 4 is 17.8 Å². The molecule has 0 aromatic carbocycles. The second-order valence-corrected chi connectivity index (χ2v) is 6.82. The number of imide groups is 1. The SMILES string of the molecule is CCCN1C(=O)NC(CC(=O)N2CCC(c3[nH]ncc3C)CC2)C1=O. The van der Waals surface area contributed by atoms with E-state index < -0.39 is 12.1 Å². The predicted molar refractivity (Wildman–Crippen MR) is 90.8 cm³/mol. The molecule has 0 spiro atoms. The normalized spacial score (nSPS) is 21.8. The fourth-order valence-corrected chi connectivity index (χ4v) is 3.64. The standard InChI is InChI=1S/C17H25N5O3/c1-3-6-22-16(24)13(19-17(22)25)9-14(23)21-7-4-12(5-8-21)15-11(2)10-18-20-15/h10,12-13H,3-9H2,1-2H3,(H,18,20)(H,19,25). The third kappa shape index (κ3) is 3.52. The van der Waals surface area contributed by atoms with E-state index >= 15 is 0 Å². The summed E-state index contributed by atoms with van der Waals surface area (Å²) >= 11 is 0. The Morgan fingerprint density at radius 3 is 2.64 bits per heavy atom. The van der Waals surface area contributed by atoms with Crippen molar-refractivity contribution in [2.75, 3.05) is 19.6 Å². The zero-order valence-corrected chi connectivity index (χ0v) is 14.7. The number of piperidine rings is 1. The molecule has 3 heterocycles. The first-order chi connectivity index (χ1) is 12.0. The molecule has 8 nitrogen and oxygen atoms in total. The first-order valence-corrected chi connectivity index (χ1v) is 8.90. The van der Waals surface area contributed by atoms with Crippen molar-refractivity contribution in [3.05, 3.63) is 17.5 Å². The number of carbonyl (C=O) groups excluding carboxylic acids is 3. The summed E-state index contributed by atoms with van der Waals surface area (Å²) in [4.78, 5) is 39.5. The fourth-order valence-electron chi connectivity index (χ4n) is 3.64. The van der Waals surface area contributed by atoms with Crippen molar-refractivity contribution in [1.82, 2.24) is 25.3 Å². The number of nitrogens with zero attached hydrogens (tertiary/aromatic N) is 3. The molecular formula is C17H25N5O3. The van der Waals surface area contributed by atoms with E-state index in [1.54, 1.807) is 4.90 Å². The Morgan fingerprint density at radius 1 is 1.32 bits per heavy atom. The second-order valence-electron chi connectivity index (χ2n) is 6.82. The molecule has 2 N–H and O–H groups in total. The molecule has 1 atom stereocenters. The third-order valence-electron chi connectivity index (χ3n) is 5.06. The zero-order chi connectivity index (χ0) is 18.0. The topological polar surface area (TPSA) is 98.4 Å². The van der Waals surface area contributed by atoms with Crippen molar-refractivity contribution in [2.45, 2.75) is 51.5 Å². The van der Waals surface area contributed by atoms with E-state index in [9.17, 15) is 14.4 Å². The summed E-state index contributed by atoms with van der Waals surface area (Å²) in [6.07, 6.45) is 4.33. The minimum atomic E-state index is -0.723. The molecule has 1 unspecified atom stereocenters. The molecule has 8 heteroatoms. The number of aromatic nitrogens is 2. The van der Waals surface area contributed by atoms with Gasteiger partial charge in [-0.15, -0.1) is 0 Å². The van der Waals surface area contributed by atoms with Crippen LogP contribution in [0.15, 0.2) is 6.20 Å². The average molecular weight is 347 g/mol. The van der Waals surface area contributed by atoms with Crippen LogP contribution in [0.4, 0.5) is 4.79 Å². The van der Waals surface area contributed by atoms with E-state index in [1.807, 2.05) is 20.0 Å². The quantitative estimate of drug-likeness (QED) is 0.781. The minimum Gasteiger partial charge on any atom is -0.343 e. The van der Waals surface area contributed by atoms with Crippen LogP contribution in [-0.4, -0.2) is 63.5 Å². The lowest BCUT2D eigenvalue weighted by Gasteiger charge is -2.32. The number of aryl methyl sites for hydroxylation is 1. The van der Waals surface area contributed by atoms with Gasteiger partial charge in [0.05, 0.1) is 12.6 Å². The van der Waals surface area contributed by atoms with Gasteiger partial charge >= 0.3 is 6.03 Å². The van der Waals surface area contributed by atoms with Gasteiger partial charge in [-0.05, 0) is 31.7 Å². The molecule has 2 aliphatic heterocycles. The van der Waals surface area contributed by atoms with Gasteiger partial charge in [0.25, 0.3) is 5.91 Å². The fraction of sp³-hybridized carbons (Fsp3) is 0.647. The van der Waals surface area contributed by atoms with Gasteiger partial charge in [0, 0.05) is 31.2 Å². The Morgan fingerprint density at radius 2 is 2.04 bits per heavy atom. The second kappa shape index (κ2) is 7.25. The summed E-state index contributed by atoms with van der Waals surface area (Å²) < 4.78 is 0. The summed E-state index contributed by atoms with van der Waals surface area (Å²) in [7, 11) is 0. The third-order valence-corrected chi connectivity index (χ3v) is 5.06. The summed E-state index contributed by atoms with van der Waals surface area (Å²) in [5.74, 6) is 0.0272. The minimum absolute atomic E-state index is 0.0402. The molecule has 0 saturated carbocycles. The molecular weight excluding hydrogens is 322 g/mol. The van der Waals surface area contributed by atoms with Crippen molar-refractivity contribution in [3.63, 3.8) is 0 Å². The molecule has 0 radical (unpaired) electrons. The van der Waals surface area contributed by atoms with E-state index in [4.69, 9.17) is 0 Å². The number of rotatable bonds is 5. The highest BCUT2D eigenvalue weighted by Gasteiger charge is 2.39. The Labute approximate surface area is 146 Å². The smallest absolute Gasteiger partial charge is 0.324 e. The highest BCUT2D eigenvalue weighted by atomic mass is 16.2. The molecule has 0 bridgehead atoms. The largest absolute Gasteiger partial charge is 0.343 e. The highest BCUT2D eigenvalue weighted by molar-refractivity contribution is 6.05. The Kier molecular flexibility index (Phi) is 5.06. The van der Waals surface area contributed by atoms with Crippen LogP contribution in [0, 0.1) is 6.92 Å². The van der Waals surface area contributed by atoms with Crippen molar-refractivity contribution in [2.24, 2.45) is 0 Å². The summed E-state index contributed by atoms with van der Waals surface area (Å²) in [6.45, 7) is 5.66. The van der Waals surface area contributed by atoms with Gasteiger partial charge in [-0.1, -0.05) is 6.92 Å². The number of nitrogens with one attached hydrogen (secondary N) is 2. The molecule has 3 rings (SSSR count). The lowest BCUT2D eigenvalue weighted by atomic mass is 9.91. The molecule has 136 valence electrons. The van der Waals surface area contributed by atoms with Crippen LogP contribution in [0.25, 0.3) is 0 Å². The maximum Gasteiger partial charge on any atom is 0.324 e. The van der Waals surface area contributed by atoms with E-state index in [-0.39, 0.29) is 18.2 Å². The van der Waals surface area contributed by atoms with Crippen molar-refractivity contribution in [1.29, 1.82) is 0 Å². The summed E-state index contributed by atoms with van der Waals surface area (Å²) in [5, 5.41) is 9.75. The molecule has 1 aromatic rings. The first kappa shape index (κ1) is 17.4. The van der Waals surface area contributed by atoms with Crippen LogP contribution in [0.5, 0.6) is 0 Å². The monoisotopic (exact) mass is 347 g/mol. The van der Waals surface area contributed by atoms with Gasteiger partial charge in [0.15, 0.2) is 0 Å². The van der Waals surface area contributed by atoms with Crippen molar-refractivity contribution < 1.29 is 14.4 Å². The van der Waals surface area contributed by atoms with Crippen LogP contribution in [-0.2, 0) is 9.59 Å². The van der Waals surface area contributed by atoms with Crippen LogP contribution in [0.2, 0.25) is 0 Å². The van der Waals surface area contributed by atoms with Crippen LogP contribution >= 0.6 is 0 Å². The molecule has 25 heavy (non-hydrogen) atoms. The number of aromatic amines is 1. The molecule has 4 amide bonds. The van der Waals surface area contributed by atoms with E-state index in [2.05, 4.69) is 15.5 Å². The average Bonchev–Trinajstić information content (AvgIpc) is 3.14. The number of hydrogen-bond donors (Lipinski definition) is 2. The van der Waals surface area contributed by atoms with E-state index in [0.29, 0.717) is 32.0 Å². The predicted octanol–water partition coefficient (Wildman–Crippen LogP) is 1.14. The number of H-pyrrole nitrogens is 1. The Balaban J connectivity index is 1.52. The van der Waals surface area contributed by atoms with Crippen LogP contribution in [0.1, 0.15) is 49.8 Å². The Hall–Kier alpha value is -2.38. The number of likely N-dealkylation sites (tertiary alicyclic amines) is 1. The molecule has 0 aliphatic carbocycles.